The van der Waals surface area contributed by atoms with Crippen LogP contribution in [0.5, 0.6) is 0 Å². The third kappa shape index (κ3) is 7.21. The van der Waals surface area contributed by atoms with E-state index in [1.165, 1.54) is 4.90 Å². The number of hydrogen-bond acceptors (Lipinski definition) is 4. The van der Waals surface area contributed by atoms with Crippen molar-refractivity contribution in [3.8, 4) is 0 Å². The molecular weight excluding hydrogens is 286 g/mol. The van der Waals surface area contributed by atoms with Crippen LogP contribution in [0, 0.1) is 5.92 Å². The van der Waals surface area contributed by atoms with E-state index in [0.717, 1.165) is 0 Å². The van der Waals surface area contributed by atoms with Gasteiger partial charge in [0.1, 0.15) is 0 Å². The van der Waals surface area contributed by atoms with E-state index in [2.05, 4.69) is 10.6 Å². The molecule has 7 heteroatoms. The van der Waals surface area contributed by atoms with Crippen molar-refractivity contribution in [2.24, 2.45) is 5.92 Å². The molecule has 0 spiro atoms. The van der Waals surface area contributed by atoms with Crippen LogP contribution in [0.3, 0.4) is 0 Å². The van der Waals surface area contributed by atoms with E-state index >= 15 is 0 Å². The third-order valence-corrected chi connectivity index (χ3v) is 3.26. The van der Waals surface area contributed by atoms with Crippen molar-refractivity contribution in [3.63, 3.8) is 0 Å². The Morgan fingerprint density at radius 2 is 1.95 bits per heavy atom. The second-order valence-electron chi connectivity index (χ2n) is 5.42. The zero-order chi connectivity index (χ0) is 17.1. The molecule has 0 aromatic heterocycles. The Morgan fingerprint density at radius 3 is 2.45 bits per heavy atom. The van der Waals surface area contributed by atoms with E-state index < -0.39 is 0 Å². The highest BCUT2D eigenvalue weighted by molar-refractivity contribution is 5.93. The maximum atomic E-state index is 12.0. The van der Waals surface area contributed by atoms with Crippen molar-refractivity contribution in [1.82, 2.24) is 15.5 Å². The minimum Gasteiger partial charge on any atom is -0.396 e. The number of aliphatic hydroxyl groups is 1. The smallest absolute Gasteiger partial charge is 0.246 e. The molecule has 0 rings (SSSR count). The Morgan fingerprint density at radius 1 is 1.32 bits per heavy atom. The molecule has 0 aliphatic heterocycles. The molecule has 22 heavy (non-hydrogen) atoms. The van der Waals surface area contributed by atoms with Gasteiger partial charge in [0.25, 0.3) is 0 Å². The van der Waals surface area contributed by atoms with Gasteiger partial charge in [-0.25, -0.2) is 0 Å². The van der Waals surface area contributed by atoms with Crippen LogP contribution in [0.1, 0.15) is 27.2 Å². The highest BCUT2D eigenvalue weighted by atomic mass is 16.3. The number of nitrogens with zero attached hydrogens (tertiary/aromatic N) is 1. The highest BCUT2D eigenvalue weighted by Crippen LogP contribution is 2.13. The summed E-state index contributed by atoms with van der Waals surface area (Å²) >= 11 is 0. The SMILES string of the molecule is CC(=CC(C(C)C)N(C)C(=O)CNC=O)C(=O)NCCCO. The average molecular weight is 313 g/mol. The van der Waals surface area contributed by atoms with Gasteiger partial charge in [0.05, 0.1) is 12.6 Å². The number of carbonyl (C=O) groups excluding carboxylic acids is 3. The van der Waals surface area contributed by atoms with E-state index in [4.69, 9.17) is 5.11 Å². The number of amides is 3. The number of carbonyl (C=O) groups is 3. The average Bonchev–Trinajstić information content (AvgIpc) is 2.48. The number of aliphatic hydroxyl groups excluding tert-OH is 1. The van der Waals surface area contributed by atoms with Gasteiger partial charge in [0, 0.05) is 25.8 Å². The van der Waals surface area contributed by atoms with E-state index in [0.29, 0.717) is 24.9 Å². The second-order valence-corrected chi connectivity index (χ2v) is 5.42. The van der Waals surface area contributed by atoms with Crippen LogP contribution in [0.25, 0.3) is 0 Å². The van der Waals surface area contributed by atoms with Crippen LogP contribution in [-0.2, 0) is 14.4 Å². The number of likely N-dealkylation sites (N-methyl/N-ethyl adjacent to an activating group) is 1. The monoisotopic (exact) mass is 313 g/mol. The Hall–Kier alpha value is -1.89. The molecule has 1 atom stereocenters. The van der Waals surface area contributed by atoms with Crippen molar-refractivity contribution < 1.29 is 19.5 Å². The second kappa shape index (κ2) is 10.8. The Labute approximate surface area is 131 Å². The molecule has 0 bridgehead atoms. The predicted octanol–water partition coefficient (Wildman–Crippen LogP) is -0.340. The molecule has 0 heterocycles. The molecule has 0 aromatic carbocycles. The van der Waals surface area contributed by atoms with Crippen molar-refractivity contribution in [3.05, 3.63) is 11.6 Å². The molecule has 7 nitrogen and oxygen atoms in total. The summed E-state index contributed by atoms with van der Waals surface area (Å²) in [6.45, 7) is 5.96. The molecular formula is C15H27N3O4. The van der Waals surface area contributed by atoms with Gasteiger partial charge in [-0.05, 0) is 19.3 Å². The van der Waals surface area contributed by atoms with Crippen LogP contribution in [-0.4, -0.2) is 61.0 Å². The van der Waals surface area contributed by atoms with E-state index in [1.54, 1.807) is 20.0 Å². The zero-order valence-electron chi connectivity index (χ0n) is 13.8. The topological polar surface area (TPSA) is 98.7 Å². The van der Waals surface area contributed by atoms with Gasteiger partial charge in [-0.2, -0.15) is 0 Å². The first-order valence-corrected chi connectivity index (χ1v) is 7.35. The van der Waals surface area contributed by atoms with Gasteiger partial charge >= 0.3 is 0 Å². The maximum Gasteiger partial charge on any atom is 0.246 e. The maximum absolute atomic E-state index is 12.0. The molecule has 0 aromatic rings. The minimum absolute atomic E-state index is 0.0264. The van der Waals surface area contributed by atoms with E-state index in [-0.39, 0.29) is 36.9 Å². The van der Waals surface area contributed by atoms with Crippen molar-refractivity contribution >= 4 is 18.2 Å². The first-order valence-electron chi connectivity index (χ1n) is 7.35. The van der Waals surface area contributed by atoms with Gasteiger partial charge in [0.15, 0.2) is 0 Å². The molecule has 0 fully saturated rings. The standard InChI is InChI=1S/C15H27N3O4/c1-11(2)13(18(4)14(21)9-16-10-20)8-12(3)15(22)17-6-5-7-19/h8,10-11,13,19H,5-7,9H2,1-4H3,(H,16,20)(H,17,22). The van der Waals surface area contributed by atoms with Gasteiger partial charge in [0.2, 0.25) is 18.2 Å². The van der Waals surface area contributed by atoms with Crippen molar-refractivity contribution in [2.45, 2.75) is 33.2 Å². The summed E-state index contributed by atoms with van der Waals surface area (Å²) in [5, 5.41) is 13.7. The molecule has 0 aliphatic rings. The van der Waals surface area contributed by atoms with Gasteiger partial charge in [-0.1, -0.05) is 19.9 Å². The fourth-order valence-corrected chi connectivity index (χ4v) is 1.92. The zero-order valence-corrected chi connectivity index (χ0v) is 13.8. The predicted molar refractivity (Wildman–Crippen MR) is 83.9 cm³/mol. The Balaban J connectivity index is 4.86. The highest BCUT2D eigenvalue weighted by Gasteiger charge is 2.21. The molecule has 3 N–H and O–H groups in total. The van der Waals surface area contributed by atoms with E-state index in [1.807, 2.05) is 13.8 Å². The van der Waals surface area contributed by atoms with Crippen LogP contribution < -0.4 is 10.6 Å². The fraction of sp³-hybridized carbons (Fsp3) is 0.667. The molecule has 0 saturated heterocycles. The molecule has 0 saturated carbocycles. The first-order chi connectivity index (χ1) is 10.3. The lowest BCUT2D eigenvalue weighted by Gasteiger charge is -2.29. The summed E-state index contributed by atoms with van der Waals surface area (Å²) in [7, 11) is 1.65. The van der Waals surface area contributed by atoms with Crippen LogP contribution >= 0.6 is 0 Å². The normalized spacial score (nSPS) is 12.7. The molecule has 1 unspecified atom stereocenters. The molecule has 126 valence electrons. The lowest BCUT2D eigenvalue weighted by Crippen LogP contribution is -2.43. The minimum atomic E-state index is -0.246. The number of nitrogens with one attached hydrogen (secondary N) is 2. The van der Waals surface area contributed by atoms with Crippen molar-refractivity contribution in [2.75, 3.05) is 26.7 Å². The van der Waals surface area contributed by atoms with Crippen LogP contribution in [0.15, 0.2) is 11.6 Å². The largest absolute Gasteiger partial charge is 0.396 e. The van der Waals surface area contributed by atoms with Crippen molar-refractivity contribution in [1.29, 1.82) is 0 Å². The lowest BCUT2D eigenvalue weighted by molar-refractivity contribution is -0.132. The van der Waals surface area contributed by atoms with E-state index in [9.17, 15) is 14.4 Å². The van der Waals surface area contributed by atoms with Gasteiger partial charge < -0.3 is 20.6 Å². The van der Waals surface area contributed by atoms with Crippen LogP contribution in [0.4, 0.5) is 0 Å². The Bertz CT molecular complexity index is 408. The summed E-state index contributed by atoms with van der Waals surface area (Å²) in [4.78, 5) is 35.7. The number of hydrogen-bond donors (Lipinski definition) is 3. The third-order valence-electron chi connectivity index (χ3n) is 3.26. The van der Waals surface area contributed by atoms with Crippen LogP contribution in [0.2, 0.25) is 0 Å². The molecule has 3 amide bonds. The summed E-state index contributed by atoms with van der Waals surface area (Å²) in [5.41, 5.74) is 0.514. The lowest BCUT2D eigenvalue weighted by atomic mass is 10.00. The van der Waals surface area contributed by atoms with Gasteiger partial charge in [-0.15, -0.1) is 0 Å². The summed E-state index contributed by atoms with van der Waals surface area (Å²) in [5.74, 6) is -0.327. The fourth-order valence-electron chi connectivity index (χ4n) is 1.92. The summed E-state index contributed by atoms with van der Waals surface area (Å²) in [6.07, 6.45) is 2.73. The Kier molecular flexibility index (Phi) is 9.86. The number of rotatable bonds is 10. The quantitative estimate of drug-likeness (QED) is 0.292. The molecule has 0 radical (unpaired) electrons. The first kappa shape index (κ1) is 20.1. The summed E-state index contributed by atoms with van der Waals surface area (Å²) < 4.78 is 0. The molecule has 0 aliphatic carbocycles. The van der Waals surface area contributed by atoms with Gasteiger partial charge in [-0.3, -0.25) is 14.4 Å². The summed E-state index contributed by atoms with van der Waals surface area (Å²) in [6, 6.07) is -0.246.